The molecule has 0 fully saturated rings. The molecule has 0 bridgehead atoms. The van der Waals surface area contributed by atoms with E-state index in [1.165, 1.54) is 12.1 Å². The fourth-order valence-corrected chi connectivity index (χ4v) is 1.53. The van der Waals surface area contributed by atoms with Crippen LogP contribution in [0.3, 0.4) is 0 Å². The van der Waals surface area contributed by atoms with Gasteiger partial charge in [-0.15, -0.1) is 0 Å². The third kappa shape index (κ3) is 2.10. The number of amides is 1. The van der Waals surface area contributed by atoms with Gasteiger partial charge in [0, 0.05) is 5.69 Å². The molecule has 0 saturated heterocycles. The number of carbonyl (C=O) groups is 1. The van der Waals surface area contributed by atoms with Crippen molar-refractivity contribution in [1.82, 2.24) is 0 Å². The van der Waals surface area contributed by atoms with E-state index in [0.29, 0.717) is 19.3 Å². The van der Waals surface area contributed by atoms with Gasteiger partial charge in [0.25, 0.3) is 0 Å². The van der Waals surface area contributed by atoms with Crippen molar-refractivity contribution in [1.29, 1.82) is 0 Å². The van der Waals surface area contributed by atoms with E-state index in [1.807, 2.05) is 13.8 Å². The fraction of sp³-hybridized carbons (Fsp3) is 0.364. The Morgan fingerprint density at radius 3 is 2.14 bits per heavy atom. The van der Waals surface area contributed by atoms with E-state index in [1.54, 1.807) is 0 Å². The molecule has 0 unspecified atom stereocenters. The zero-order valence-electron chi connectivity index (χ0n) is 8.43. The monoisotopic (exact) mass is 195 g/mol. The fourth-order valence-electron chi connectivity index (χ4n) is 1.53. The number of anilines is 1. The summed E-state index contributed by atoms with van der Waals surface area (Å²) in [7, 11) is 0. The van der Waals surface area contributed by atoms with E-state index in [4.69, 9.17) is 0 Å². The van der Waals surface area contributed by atoms with Gasteiger partial charge in [-0.1, -0.05) is 13.8 Å². The minimum absolute atomic E-state index is 0.241. The van der Waals surface area contributed by atoms with Crippen molar-refractivity contribution in [3.8, 4) is 0 Å². The van der Waals surface area contributed by atoms with Crippen LogP contribution < -0.4 is 5.32 Å². The summed E-state index contributed by atoms with van der Waals surface area (Å²) in [6.07, 6.45) is 2.05. The molecule has 76 valence electrons. The number of carbonyl (C=O) groups excluding carboxylic acids is 1. The minimum Gasteiger partial charge on any atom is -0.328 e. The van der Waals surface area contributed by atoms with Crippen molar-refractivity contribution >= 4 is 12.1 Å². The minimum atomic E-state index is -0.241. The molecule has 2 nitrogen and oxygen atoms in total. The molecular formula is C11H14FNO. The van der Waals surface area contributed by atoms with Crippen molar-refractivity contribution in [3.63, 3.8) is 0 Å². The van der Waals surface area contributed by atoms with E-state index >= 15 is 0 Å². The normalized spacial score (nSPS) is 9.93. The standard InChI is InChI=1S/C11H14FNO/c1-3-8-5-10(12)6-9(4-2)11(8)13-7-14/h5-7H,3-4H2,1-2H3,(H,13,14). The van der Waals surface area contributed by atoms with E-state index in [9.17, 15) is 9.18 Å². The first kappa shape index (κ1) is 10.7. The maximum atomic E-state index is 13.1. The van der Waals surface area contributed by atoms with Crippen molar-refractivity contribution in [2.24, 2.45) is 0 Å². The number of aryl methyl sites for hydroxylation is 2. The molecule has 1 aromatic carbocycles. The van der Waals surface area contributed by atoms with Crippen LogP contribution in [0.4, 0.5) is 10.1 Å². The molecule has 0 radical (unpaired) electrons. The van der Waals surface area contributed by atoms with Gasteiger partial charge in [0.1, 0.15) is 5.82 Å². The molecule has 0 atom stereocenters. The zero-order valence-corrected chi connectivity index (χ0v) is 8.43. The Morgan fingerprint density at radius 1 is 1.29 bits per heavy atom. The summed E-state index contributed by atoms with van der Waals surface area (Å²) in [5.74, 6) is -0.241. The molecule has 0 spiro atoms. The molecular weight excluding hydrogens is 181 g/mol. The molecule has 0 saturated carbocycles. The van der Waals surface area contributed by atoms with Crippen LogP contribution in [0.2, 0.25) is 0 Å². The lowest BCUT2D eigenvalue weighted by Crippen LogP contribution is -2.03. The SMILES string of the molecule is CCc1cc(F)cc(CC)c1NC=O. The molecule has 0 heterocycles. The highest BCUT2D eigenvalue weighted by Crippen LogP contribution is 2.23. The Bertz CT molecular complexity index is 311. The number of hydrogen-bond donors (Lipinski definition) is 1. The molecule has 1 aromatic rings. The lowest BCUT2D eigenvalue weighted by molar-refractivity contribution is -0.105. The van der Waals surface area contributed by atoms with Crippen LogP contribution in [0.1, 0.15) is 25.0 Å². The smallest absolute Gasteiger partial charge is 0.211 e. The summed E-state index contributed by atoms with van der Waals surface area (Å²) in [5.41, 5.74) is 2.44. The Labute approximate surface area is 83.1 Å². The predicted octanol–water partition coefficient (Wildman–Crippen LogP) is 2.52. The van der Waals surface area contributed by atoms with Crippen LogP contribution in [-0.2, 0) is 17.6 Å². The highest BCUT2D eigenvalue weighted by atomic mass is 19.1. The maximum Gasteiger partial charge on any atom is 0.211 e. The van der Waals surface area contributed by atoms with E-state index < -0.39 is 0 Å². The van der Waals surface area contributed by atoms with Gasteiger partial charge in [0.15, 0.2) is 0 Å². The molecule has 1 N–H and O–H groups in total. The lowest BCUT2D eigenvalue weighted by atomic mass is 10.0. The summed E-state index contributed by atoms with van der Waals surface area (Å²) in [4.78, 5) is 10.4. The Kier molecular flexibility index (Phi) is 3.63. The maximum absolute atomic E-state index is 13.1. The zero-order chi connectivity index (χ0) is 10.6. The van der Waals surface area contributed by atoms with Crippen LogP contribution in [0.5, 0.6) is 0 Å². The number of benzene rings is 1. The molecule has 0 aliphatic carbocycles. The molecule has 0 aromatic heterocycles. The Morgan fingerprint density at radius 2 is 1.79 bits per heavy atom. The van der Waals surface area contributed by atoms with Gasteiger partial charge in [-0.25, -0.2) is 4.39 Å². The first-order chi connectivity index (χ1) is 6.72. The van der Waals surface area contributed by atoms with Crippen molar-refractivity contribution < 1.29 is 9.18 Å². The summed E-state index contributed by atoms with van der Waals surface area (Å²) in [6, 6.07) is 2.93. The molecule has 0 aliphatic rings. The Hall–Kier alpha value is -1.38. The van der Waals surface area contributed by atoms with E-state index in [0.717, 1.165) is 16.8 Å². The van der Waals surface area contributed by atoms with Crippen LogP contribution >= 0.6 is 0 Å². The van der Waals surface area contributed by atoms with Crippen molar-refractivity contribution in [2.45, 2.75) is 26.7 Å². The van der Waals surface area contributed by atoms with Gasteiger partial charge in [0.05, 0.1) is 0 Å². The quantitative estimate of drug-likeness (QED) is 0.735. The van der Waals surface area contributed by atoms with Gasteiger partial charge in [0.2, 0.25) is 6.41 Å². The van der Waals surface area contributed by atoms with Crippen LogP contribution in [-0.4, -0.2) is 6.41 Å². The number of hydrogen-bond acceptors (Lipinski definition) is 1. The third-order valence-electron chi connectivity index (χ3n) is 2.23. The van der Waals surface area contributed by atoms with Gasteiger partial charge >= 0.3 is 0 Å². The average molecular weight is 195 g/mol. The van der Waals surface area contributed by atoms with Gasteiger partial charge in [-0.2, -0.15) is 0 Å². The Balaban J connectivity index is 3.24. The first-order valence-electron chi connectivity index (χ1n) is 4.74. The molecule has 0 aliphatic heterocycles. The summed E-state index contributed by atoms with van der Waals surface area (Å²) in [6.45, 7) is 3.87. The topological polar surface area (TPSA) is 29.1 Å². The second-order valence-corrected chi connectivity index (χ2v) is 3.07. The highest BCUT2D eigenvalue weighted by Gasteiger charge is 2.07. The van der Waals surface area contributed by atoms with E-state index in [2.05, 4.69) is 5.32 Å². The molecule has 3 heteroatoms. The molecule has 1 rings (SSSR count). The van der Waals surface area contributed by atoms with E-state index in [-0.39, 0.29) is 5.82 Å². The number of nitrogens with one attached hydrogen (secondary N) is 1. The lowest BCUT2D eigenvalue weighted by Gasteiger charge is -2.11. The summed E-state index contributed by atoms with van der Waals surface area (Å²) < 4.78 is 13.1. The van der Waals surface area contributed by atoms with Crippen molar-refractivity contribution in [2.75, 3.05) is 5.32 Å². The first-order valence-corrected chi connectivity index (χ1v) is 4.74. The largest absolute Gasteiger partial charge is 0.328 e. The second-order valence-electron chi connectivity index (χ2n) is 3.07. The number of halogens is 1. The summed E-state index contributed by atoms with van der Waals surface area (Å²) in [5, 5.41) is 2.63. The number of rotatable bonds is 4. The van der Waals surface area contributed by atoms with Crippen molar-refractivity contribution in [3.05, 3.63) is 29.1 Å². The highest BCUT2D eigenvalue weighted by molar-refractivity contribution is 5.75. The average Bonchev–Trinajstić information content (AvgIpc) is 2.20. The van der Waals surface area contributed by atoms with Crippen LogP contribution in [0, 0.1) is 5.82 Å². The summed E-state index contributed by atoms with van der Waals surface area (Å²) >= 11 is 0. The van der Waals surface area contributed by atoms with Gasteiger partial charge in [-0.05, 0) is 36.1 Å². The molecule has 14 heavy (non-hydrogen) atoms. The van der Waals surface area contributed by atoms with Gasteiger partial charge in [-0.3, -0.25) is 4.79 Å². The van der Waals surface area contributed by atoms with Crippen LogP contribution in [0.25, 0.3) is 0 Å². The molecule has 1 amide bonds. The third-order valence-corrected chi connectivity index (χ3v) is 2.23. The van der Waals surface area contributed by atoms with Crippen LogP contribution in [0.15, 0.2) is 12.1 Å². The van der Waals surface area contributed by atoms with Gasteiger partial charge < -0.3 is 5.32 Å². The second kappa shape index (κ2) is 4.74. The predicted molar refractivity (Wildman–Crippen MR) is 54.8 cm³/mol.